The van der Waals surface area contributed by atoms with Crippen LogP contribution in [0.5, 0.6) is 0 Å². The lowest BCUT2D eigenvalue weighted by atomic mass is 9.88. The third kappa shape index (κ3) is 4.66. The molecule has 0 aromatic heterocycles. The van der Waals surface area contributed by atoms with Crippen molar-refractivity contribution in [3.8, 4) is 0 Å². The number of urea groups is 1. The van der Waals surface area contributed by atoms with Gasteiger partial charge in [-0.15, -0.1) is 0 Å². The maximum Gasteiger partial charge on any atom is 0.317 e. The van der Waals surface area contributed by atoms with Crippen molar-refractivity contribution in [1.82, 2.24) is 15.1 Å². The number of piperazine rings is 1. The molecule has 3 amide bonds. The summed E-state index contributed by atoms with van der Waals surface area (Å²) in [7, 11) is 0. The van der Waals surface area contributed by atoms with Crippen molar-refractivity contribution in [2.75, 3.05) is 26.2 Å². The van der Waals surface area contributed by atoms with Gasteiger partial charge in [0, 0.05) is 43.7 Å². The van der Waals surface area contributed by atoms with Crippen LogP contribution in [0.2, 0.25) is 5.02 Å². The van der Waals surface area contributed by atoms with Crippen LogP contribution in [0.1, 0.15) is 37.7 Å². The number of amides is 3. The molecule has 1 aromatic carbocycles. The summed E-state index contributed by atoms with van der Waals surface area (Å²) >= 11 is 6.11. The molecule has 0 atom stereocenters. The normalized spacial score (nSPS) is 18.9. The van der Waals surface area contributed by atoms with Gasteiger partial charge in [0.1, 0.15) is 0 Å². The zero-order valence-electron chi connectivity index (χ0n) is 14.5. The number of hydrogen-bond donors (Lipinski definition) is 1. The van der Waals surface area contributed by atoms with Crippen LogP contribution in [-0.2, 0) is 11.3 Å². The summed E-state index contributed by atoms with van der Waals surface area (Å²) in [5.41, 5.74) is 0.906. The Bertz CT molecular complexity index is 608. The Hall–Kier alpha value is -1.75. The van der Waals surface area contributed by atoms with Gasteiger partial charge in [-0.3, -0.25) is 4.79 Å². The Kier molecular flexibility index (Phi) is 6.19. The smallest absolute Gasteiger partial charge is 0.317 e. The van der Waals surface area contributed by atoms with Gasteiger partial charge in [-0.1, -0.05) is 49.1 Å². The van der Waals surface area contributed by atoms with E-state index in [-0.39, 0.29) is 17.9 Å². The summed E-state index contributed by atoms with van der Waals surface area (Å²) in [5, 5.41) is 3.57. The van der Waals surface area contributed by atoms with Crippen molar-refractivity contribution in [3.05, 3.63) is 34.9 Å². The fourth-order valence-corrected chi connectivity index (χ4v) is 3.86. The highest BCUT2D eigenvalue weighted by Gasteiger charge is 2.29. The number of carbonyl (C=O) groups excluding carboxylic acids is 2. The summed E-state index contributed by atoms with van der Waals surface area (Å²) in [6, 6.07) is 7.41. The zero-order chi connectivity index (χ0) is 17.6. The highest BCUT2D eigenvalue weighted by atomic mass is 35.5. The Balaban J connectivity index is 1.44. The molecular formula is C19H26ClN3O2. The van der Waals surface area contributed by atoms with Crippen molar-refractivity contribution in [3.63, 3.8) is 0 Å². The van der Waals surface area contributed by atoms with Gasteiger partial charge in [0.2, 0.25) is 5.91 Å². The topological polar surface area (TPSA) is 52.7 Å². The molecule has 3 rings (SSSR count). The van der Waals surface area contributed by atoms with E-state index in [9.17, 15) is 9.59 Å². The quantitative estimate of drug-likeness (QED) is 0.896. The molecule has 2 fully saturated rings. The number of carbonyl (C=O) groups is 2. The first-order valence-electron chi connectivity index (χ1n) is 9.20. The Labute approximate surface area is 154 Å². The van der Waals surface area contributed by atoms with E-state index < -0.39 is 0 Å². The average Bonchev–Trinajstić information content (AvgIpc) is 2.67. The van der Waals surface area contributed by atoms with Crippen LogP contribution in [0, 0.1) is 5.92 Å². The molecule has 1 saturated heterocycles. The average molecular weight is 364 g/mol. The van der Waals surface area contributed by atoms with E-state index in [0.29, 0.717) is 37.7 Å². The number of halogens is 1. The van der Waals surface area contributed by atoms with Crippen molar-refractivity contribution < 1.29 is 9.59 Å². The van der Waals surface area contributed by atoms with Crippen LogP contribution >= 0.6 is 11.6 Å². The molecule has 5 nitrogen and oxygen atoms in total. The van der Waals surface area contributed by atoms with E-state index in [1.54, 1.807) is 4.90 Å². The number of nitrogens with zero attached hydrogens (tertiary/aromatic N) is 2. The van der Waals surface area contributed by atoms with Crippen molar-refractivity contribution >= 4 is 23.5 Å². The summed E-state index contributed by atoms with van der Waals surface area (Å²) in [4.78, 5) is 28.6. The van der Waals surface area contributed by atoms with Gasteiger partial charge >= 0.3 is 6.03 Å². The first-order valence-corrected chi connectivity index (χ1v) is 9.58. The SMILES string of the molecule is O=C(NCc1ccccc1Cl)N1CCN(C(=O)C2CCCCC2)CC1. The van der Waals surface area contributed by atoms with E-state index in [4.69, 9.17) is 11.6 Å². The van der Waals surface area contributed by atoms with E-state index >= 15 is 0 Å². The lowest BCUT2D eigenvalue weighted by Gasteiger charge is -2.37. The zero-order valence-corrected chi connectivity index (χ0v) is 15.3. The molecule has 0 radical (unpaired) electrons. The Morgan fingerprint density at radius 3 is 2.32 bits per heavy atom. The molecule has 136 valence electrons. The van der Waals surface area contributed by atoms with E-state index in [2.05, 4.69) is 5.32 Å². The molecule has 1 aromatic rings. The first kappa shape index (κ1) is 18.1. The van der Waals surface area contributed by atoms with Gasteiger partial charge in [-0.05, 0) is 24.5 Å². The predicted octanol–water partition coefficient (Wildman–Crippen LogP) is 3.27. The second-order valence-corrected chi connectivity index (χ2v) is 7.30. The maximum atomic E-state index is 12.6. The molecule has 0 unspecified atom stereocenters. The summed E-state index contributed by atoms with van der Waals surface area (Å²) in [6.45, 7) is 2.86. The van der Waals surface area contributed by atoms with Crippen molar-refractivity contribution in [1.29, 1.82) is 0 Å². The molecule has 2 aliphatic rings. The third-order valence-corrected chi connectivity index (χ3v) is 5.59. The van der Waals surface area contributed by atoms with Gasteiger partial charge in [-0.2, -0.15) is 0 Å². The van der Waals surface area contributed by atoms with E-state index in [1.807, 2.05) is 29.2 Å². The highest BCUT2D eigenvalue weighted by Crippen LogP contribution is 2.25. The predicted molar refractivity (Wildman–Crippen MR) is 98.4 cm³/mol. The monoisotopic (exact) mass is 363 g/mol. The summed E-state index contributed by atoms with van der Waals surface area (Å²) in [6.07, 6.45) is 5.64. The van der Waals surface area contributed by atoms with Crippen LogP contribution < -0.4 is 5.32 Å². The van der Waals surface area contributed by atoms with Crippen molar-refractivity contribution in [2.24, 2.45) is 5.92 Å². The fraction of sp³-hybridized carbons (Fsp3) is 0.579. The fourth-order valence-electron chi connectivity index (χ4n) is 3.66. The maximum absolute atomic E-state index is 12.6. The molecule has 6 heteroatoms. The third-order valence-electron chi connectivity index (χ3n) is 5.22. The van der Waals surface area contributed by atoms with Gasteiger partial charge in [0.25, 0.3) is 0 Å². The minimum atomic E-state index is -0.0929. The number of hydrogen-bond acceptors (Lipinski definition) is 2. The molecular weight excluding hydrogens is 338 g/mol. The van der Waals surface area contributed by atoms with Crippen LogP contribution in [0.4, 0.5) is 4.79 Å². The second kappa shape index (κ2) is 8.56. The Morgan fingerprint density at radius 1 is 1.00 bits per heavy atom. The molecule has 25 heavy (non-hydrogen) atoms. The minimum Gasteiger partial charge on any atom is -0.339 e. The van der Waals surface area contributed by atoms with Crippen LogP contribution in [0.15, 0.2) is 24.3 Å². The summed E-state index contributed by atoms with van der Waals surface area (Å²) < 4.78 is 0. The van der Waals surface area contributed by atoms with Gasteiger partial charge in [-0.25, -0.2) is 4.79 Å². The van der Waals surface area contributed by atoms with Crippen LogP contribution in [0.25, 0.3) is 0 Å². The number of benzene rings is 1. The molecule has 1 N–H and O–H groups in total. The standard InChI is InChI=1S/C19H26ClN3O2/c20-17-9-5-4-8-16(17)14-21-19(25)23-12-10-22(11-13-23)18(24)15-6-2-1-3-7-15/h4-5,8-9,15H,1-3,6-7,10-14H2,(H,21,25). The van der Waals surface area contributed by atoms with E-state index in [0.717, 1.165) is 18.4 Å². The van der Waals surface area contributed by atoms with Gasteiger partial charge in [0.15, 0.2) is 0 Å². The molecule has 1 heterocycles. The molecule has 1 saturated carbocycles. The Morgan fingerprint density at radius 2 is 1.64 bits per heavy atom. The van der Waals surface area contributed by atoms with E-state index in [1.165, 1.54) is 19.3 Å². The van der Waals surface area contributed by atoms with Crippen molar-refractivity contribution in [2.45, 2.75) is 38.6 Å². The number of nitrogens with one attached hydrogen (secondary N) is 1. The molecule has 1 aliphatic carbocycles. The molecule has 0 bridgehead atoms. The number of rotatable bonds is 3. The van der Waals surface area contributed by atoms with Crippen LogP contribution in [0.3, 0.4) is 0 Å². The highest BCUT2D eigenvalue weighted by molar-refractivity contribution is 6.31. The molecule has 1 aliphatic heterocycles. The molecule has 0 spiro atoms. The van der Waals surface area contributed by atoms with Gasteiger partial charge < -0.3 is 15.1 Å². The second-order valence-electron chi connectivity index (χ2n) is 6.90. The summed E-state index contributed by atoms with van der Waals surface area (Å²) in [5.74, 6) is 0.491. The van der Waals surface area contributed by atoms with Crippen LogP contribution in [-0.4, -0.2) is 47.9 Å². The lowest BCUT2D eigenvalue weighted by molar-refractivity contribution is -0.138. The lowest BCUT2D eigenvalue weighted by Crippen LogP contribution is -2.54. The minimum absolute atomic E-state index is 0.0929. The first-order chi connectivity index (χ1) is 12.1. The van der Waals surface area contributed by atoms with Gasteiger partial charge in [0.05, 0.1) is 0 Å². The largest absolute Gasteiger partial charge is 0.339 e.